The Balaban J connectivity index is 2.10. The van der Waals surface area contributed by atoms with Gasteiger partial charge >= 0.3 is 11.8 Å². The second-order valence-corrected chi connectivity index (χ2v) is 6.18. The fraction of sp³-hybridized carbons (Fsp3) is 0.154. The molecule has 1 aromatic carbocycles. The van der Waals surface area contributed by atoms with Gasteiger partial charge in [0, 0.05) is 16.7 Å². The van der Waals surface area contributed by atoms with Crippen molar-refractivity contribution in [2.75, 3.05) is 18.1 Å². The molecule has 1 heterocycles. The molecular formula is C13H13BrN6O2S. The molecule has 0 atom stereocenters. The number of hydrogen-bond donors (Lipinski definition) is 2. The summed E-state index contributed by atoms with van der Waals surface area (Å²) in [7, 11) is 0. The fourth-order valence-electron chi connectivity index (χ4n) is 1.63. The summed E-state index contributed by atoms with van der Waals surface area (Å²) in [6, 6.07) is 6.86. The van der Waals surface area contributed by atoms with E-state index in [1.165, 1.54) is 16.4 Å². The smallest absolute Gasteiger partial charge is 0.313 e. The van der Waals surface area contributed by atoms with Crippen LogP contribution in [0.4, 0.5) is 5.69 Å². The third kappa shape index (κ3) is 4.63. The molecule has 0 aliphatic heterocycles. The third-order valence-electron chi connectivity index (χ3n) is 2.62. The van der Waals surface area contributed by atoms with Gasteiger partial charge in [-0.25, -0.2) is 0 Å². The lowest BCUT2D eigenvalue weighted by Gasteiger charge is -2.08. The highest BCUT2D eigenvalue weighted by Crippen LogP contribution is 2.18. The molecule has 23 heavy (non-hydrogen) atoms. The number of hydrogen-bond acceptors (Lipinski definition) is 6. The minimum Gasteiger partial charge on any atom is -0.343 e. The molecule has 0 aliphatic rings. The number of thioether (sulfide) groups is 1. The molecule has 0 saturated heterocycles. The molecule has 0 aliphatic carbocycles. The van der Waals surface area contributed by atoms with Crippen molar-refractivity contribution >= 4 is 45.2 Å². The molecule has 2 amide bonds. The molecule has 0 radical (unpaired) electrons. The van der Waals surface area contributed by atoms with Crippen molar-refractivity contribution in [3.8, 4) is 5.69 Å². The standard InChI is InChI=1S/C13H13BrN6O2S/c1-8(14)7-15-11(21)12(22)16-9-4-3-5-10(6-9)20-13(23-2)17-18-19-20/h3-6H,1,7H2,2H3,(H,15,21)(H,16,22). The van der Waals surface area contributed by atoms with Gasteiger partial charge in [-0.2, -0.15) is 4.68 Å². The van der Waals surface area contributed by atoms with E-state index in [4.69, 9.17) is 0 Å². The highest BCUT2D eigenvalue weighted by Gasteiger charge is 2.14. The van der Waals surface area contributed by atoms with Gasteiger partial charge in [0.1, 0.15) is 0 Å². The number of carbonyl (C=O) groups is 2. The summed E-state index contributed by atoms with van der Waals surface area (Å²) in [5.41, 5.74) is 1.13. The number of amides is 2. The van der Waals surface area contributed by atoms with Gasteiger partial charge in [-0.05, 0) is 34.9 Å². The summed E-state index contributed by atoms with van der Waals surface area (Å²) >= 11 is 4.49. The lowest BCUT2D eigenvalue weighted by molar-refractivity contribution is -0.136. The van der Waals surface area contributed by atoms with Crippen LogP contribution in [-0.2, 0) is 9.59 Å². The van der Waals surface area contributed by atoms with Crippen LogP contribution in [0.3, 0.4) is 0 Å². The topological polar surface area (TPSA) is 102 Å². The molecule has 2 aromatic rings. The molecule has 2 rings (SSSR count). The molecule has 1 aromatic heterocycles. The Morgan fingerprint density at radius 3 is 2.87 bits per heavy atom. The molecule has 0 fully saturated rings. The Morgan fingerprint density at radius 2 is 2.17 bits per heavy atom. The van der Waals surface area contributed by atoms with E-state index in [-0.39, 0.29) is 6.54 Å². The summed E-state index contributed by atoms with van der Waals surface area (Å²) in [5.74, 6) is -1.51. The Bertz CT molecular complexity index is 748. The van der Waals surface area contributed by atoms with E-state index in [0.717, 1.165) is 0 Å². The summed E-state index contributed by atoms with van der Waals surface area (Å²) in [5, 5.41) is 16.9. The average Bonchev–Trinajstić information content (AvgIpc) is 3.01. The van der Waals surface area contributed by atoms with Crippen LogP contribution in [0.1, 0.15) is 0 Å². The highest BCUT2D eigenvalue weighted by atomic mass is 79.9. The van der Waals surface area contributed by atoms with Gasteiger partial charge in [-0.3, -0.25) is 9.59 Å². The predicted octanol–water partition coefficient (Wildman–Crippen LogP) is 1.35. The van der Waals surface area contributed by atoms with Gasteiger partial charge in [0.05, 0.1) is 5.69 Å². The number of aromatic nitrogens is 4. The molecule has 0 unspecified atom stereocenters. The number of nitrogens with one attached hydrogen (secondary N) is 2. The Hall–Kier alpha value is -2.20. The van der Waals surface area contributed by atoms with Gasteiger partial charge in [-0.15, -0.1) is 5.10 Å². The Kier molecular flexibility index (Phi) is 5.88. The number of carbonyl (C=O) groups excluding carboxylic acids is 2. The van der Waals surface area contributed by atoms with Crippen molar-refractivity contribution in [1.29, 1.82) is 0 Å². The van der Waals surface area contributed by atoms with Crippen LogP contribution in [0.15, 0.2) is 40.5 Å². The van der Waals surface area contributed by atoms with E-state index in [1.54, 1.807) is 24.3 Å². The predicted molar refractivity (Wildman–Crippen MR) is 90.6 cm³/mol. The zero-order chi connectivity index (χ0) is 16.8. The number of rotatable bonds is 5. The van der Waals surface area contributed by atoms with E-state index in [2.05, 4.69) is 48.7 Å². The second-order valence-electron chi connectivity index (χ2n) is 4.28. The van der Waals surface area contributed by atoms with Crippen LogP contribution in [0.2, 0.25) is 0 Å². The van der Waals surface area contributed by atoms with Crippen molar-refractivity contribution in [1.82, 2.24) is 25.5 Å². The Labute approximate surface area is 144 Å². The maximum Gasteiger partial charge on any atom is 0.313 e. The number of benzene rings is 1. The lowest BCUT2D eigenvalue weighted by atomic mass is 10.2. The second kappa shape index (κ2) is 7.88. The molecule has 0 bridgehead atoms. The minimum absolute atomic E-state index is 0.175. The van der Waals surface area contributed by atoms with Crippen LogP contribution in [0, 0.1) is 0 Å². The van der Waals surface area contributed by atoms with Crippen LogP contribution < -0.4 is 10.6 Å². The summed E-state index contributed by atoms with van der Waals surface area (Å²) in [4.78, 5) is 23.5. The maximum atomic E-state index is 11.8. The molecule has 120 valence electrons. The molecule has 8 nitrogen and oxygen atoms in total. The first kappa shape index (κ1) is 17.2. The fourth-order valence-corrected chi connectivity index (χ4v) is 2.20. The van der Waals surface area contributed by atoms with Gasteiger partial charge in [0.25, 0.3) is 0 Å². The van der Waals surface area contributed by atoms with Crippen molar-refractivity contribution in [2.24, 2.45) is 0 Å². The molecule has 10 heteroatoms. The number of tetrazole rings is 1. The zero-order valence-electron chi connectivity index (χ0n) is 12.1. The van der Waals surface area contributed by atoms with Crippen molar-refractivity contribution in [2.45, 2.75) is 5.16 Å². The summed E-state index contributed by atoms with van der Waals surface area (Å²) < 4.78 is 2.11. The Morgan fingerprint density at radius 1 is 1.39 bits per heavy atom. The van der Waals surface area contributed by atoms with Crippen LogP contribution in [-0.4, -0.2) is 44.8 Å². The van der Waals surface area contributed by atoms with E-state index in [1.807, 2.05) is 6.26 Å². The molecular weight excluding hydrogens is 384 g/mol. The monoisotopic (exact) mass is 396 g/mol. The van der Waals surface area contributed by atoms with Gasteiger partial charge in [0.2, 0.25) is 5.16 Å². The average molecular weight is 397 g/mol. The van der Waals surface area contributed by atoms with Gasteiger partial charge in [-0.1, -0.05) is 40.3 Å². The lowest BCUT2D eigenvalue weighted by Crippen LogP contribution is -2.35. The SMILES string of the molecule is C=C(Br)CNC(=O)C(=O)Nc1cccc(-n2nnnc2SC)c1. The first-order valence-corrected chi connectivity index (χ1v) is 8.38. The quantitative estimate of drug-likeness (QED) is 0.584. The minimum atomic E-state index is -0.766. The normalized spacial score (nSPS) is 10.2. The van der Waals surface area contributed by atoms with Crippen molar-refractivity contribution in [3.63, 3.8) is 0 Å². The largest absolute Gasteiger partial charge is 0.343 e. The van der Waals surface area contributed by atoms with Gasteiger partial charge in [0.15, 0.2) is 0 Å². The van der Waals surface area contributed by atoms with Crippen LogP contribution >= 0.6 is 27.7 Å². The highest BCUT2D eigenvalue weighted by molar-refractivity contribution is 9.11. The zero-order valence-corrected chi connectivity index (χ0v) is 14.5. The van der Waals surface area contributed by atoms with E-state index < -0.39 is 11.8 Å². The number of anilines is 1. The van der Waals surface area contributed by atoms with E-state index >= 15 is 0 Å². The van der Waals surface area contributed by atoms with Crippen molar-refractivity contribution in [3.05, 3.63) is 35.3 Å². The molecule has 2 N–H and O–H groups in total. The first-order valence-electron chi connectivity index (χ1n) is 6.36. The maximum absolute atomic E-state index is 11.8. The molecule has 0 spiro atoms. The number of nitrogens with zero attached hydrogens (tertiary/aromatic N) is 4. The van der Waals surface area contributed by atoms with Crippen LogP contribution in [0.25, 0.3) is 5.69 Å². The van der Waals surface area contributed by atoms with E-state index in [9.17, 15) is 9.59 Å². The van der Waals surface area contributed by atoms with Crippen molar-refractivity contribution < 1.29 is 9.59 Å². The summed E-state index contributed by atoms with van der Waals surface area (Å²) in [6.45, 7) is 3.75. The number of halogens is 1. The van der Waals surface area contributed by atoms with Gasteiger partial charge < -0.3 is 10.6 Å². The third-order valence-corrected chi connectivity index (χ3v) is 3.52. The summed E-state index contributed by atoms with van der Waals surface area (Å²) in [6.07, 6.45) is 1.86. The first-order chi connectivity index (χ1) is 11.0. The van der Waals surface area contributed by atoms with Crippen LogP contribution in [0.5, 0.6) is 0 Å². The molecule has 0 saturated carbocycles. The van der Waals surface area contributed by atoms with E-state index in [0.29, 0.717) is 21.0 Å².